The van der Waals surface area contributed by atoms with Crippen LogP contribution < -0.4 is 4.90 Å². The summed E-state index contributed by atoms with van der Waals surface area (Å²) in [6.45, 7) is 12.6. The summed E-state index contributed by atoms with van der Waals surface area (Å²) in [7, 11) is 0. The van der Waals surface area contributed by atoms with Gasteiger partial charge in [-0.2, -0.15) is 0 Å². The van der Waals surface area contributed by atoms with Crippen LogP contribution in [0.15, 0.2) is 36.4 Å². The molecule has 0 saturated carbocycles. The van der Waals surface area contributed by atoms with Gasteiger partial charge in [0.25, 0.3) is 0 Å². The molecule has 1 unspecified atom stereocenters. The third-order valence-corrected chi connectivity index (χ3v) is 6.81. The minimum absolute atomic E-state index is 0.214. The Kier molecular flexibility index (Phi) is 4.59. The Hall–Kier alpha value is -2.13. The van der Waals surface area contributed by atoms with Gasteiger partial charge in [0.15, 0.2) is 0 Å². The summed E-state index contributed by atoms with van der Waals surface area (Å²) in [6.07, 6.45) is 5.59. The van der Waals surface area contributed by atoms with Crippen LogP contribution in [-0.4, -0.2) is 17.1 Å². The molecule has 0 aliphatic carbocycles. The van der Waals surface area contributed by atoms with Gasteiger partial charge < -0.3 is 4.90 Å². The van der Waals surface area contributed by atoms with E-state index >= 15 is 0 Å². The summed E-state index contributed by atoms with van der Waals surface area (Å²) in [4.78, 5) is 7.29. The summed E-state index contributed by atoms with van der Waals surface area (Å²) in [5.41, 5.74) is 6.82. The second kappa shape index (κ2) is 6.79. The lowest BCUT2D eigenvalue weighted by atomic mass is 9.79. The average Bonchev–Trinajstić information content (AvgIpc) is 3.03. The van der Waals surface area contributed by atoms with E-state index in [2.05, 4.69) is 82.0 Å². The molecule has 0 N–H and O–H groups in total. The fourth-order valence-electron chi connectivity index (χ4n) is 4.55. The van der Waals surface area contributed by atoms with Crippen LogP contribution in [-0.2, 0) is 0 Å². The fraction of sp³-hybridized carbons (Fsp3) is 0.375. The Morgan fingerprint density at radius 1 is 1.22 bits per heavy atom. The fourth-order valence-corrected chi connectivity index (χ4v) is 5.42. The minimum Gasteiger partial charge on any atom is -0.366 e. The SMILES string of the molecule is CCN1c2cc(C)c(/C=C/c3nc4ccccc4s3)cc2C(C)CC1(C)C. The van der Waals surface area contributed by atoms with Gasteiger partial charge in [-0.05, 0) is 87.1 Å². The van der Waals surface area contributed by atoms with Crippen molar-refractivity contribution in [2.45, 2.75) is 52.5 Å². The van der Waals surface area contributed by atoms with Gasteiger partial charge in [-0.3, -0.25) is 0 Å². The lowest BCUT2D eigenvalue weighted by molar-refractivity contribution is 0.381. The molecule has 3 heteroatoms. The monoisotopic (exact) mass is 376 g/mol. The number of hydrogen-bond donors (Lipinski definition) is 0. The average molecular weight is 377 g/mol. The lowest BCUT2D eigenvalue weighted by Gasteiger charge is -2.47. The number of anilines is 1. The smallest absolute Gasteiger partial charge is 0.117 e. The van der Waals surface area contributed by atoms with Crippen molar-refractivity contribution in [3.63, 3.8) is 0 Å². The second-order valence-corrected chi connectivity index (χ2v) is 9.34. The van der Waals surface area contributed by atoms with Gasteiger partial charge in [0.05, 0.1) is 10.2 Å². The van der Waals surface area contributed by atoms with Crippen molar-refractivity contribution in [3.05, 3.63) is 58.1 Å². The molecule has 1 aliphatic heterocycles. The summed E-state index contributed by atoms with van der Waals surface area (Å²) in [6, 6.07) is 13.1. The van der Waals surface area contributed by atoms with Gasteiger partial charge in [-0.25, -0.2) is 4.98 Å². The number of aryl methyl sites for hydroxylation is 1. The van der Waals surface area contributed by atoms with E-state index in [4.69, 9.17) is 4.98 Å². The zero-order valence-electron chi connectivity index (χ0n) is 16.9. The first-order valence-corrected chi connectivity index (χ1v) is 10.7. The molecule has 1 aliphatic rings. The van der Waals surface area contributed by atoms with E-state index in [1.807, 2.05) is 6.07 Å². The number of thiazole rings is 1. The van der Waals surface area contributed by atoms with E-state index in [0.717, 1.165) is 17.1 Å². The molecule has 0 amide bonds. The number of hydrogen-bond acceptors (Lipinski definition) is 3. The van der Waals surface area contributed by atoms with Crippen molar-refractivity contribution >= 4 is 39.4 Å². The number of rotatable bonds is 3. The molecule has 140 valence electrons. The summed E-state index contributed by atoms with van der Waals surface area (Å²) >= 11 is 1.75. The highest BCUT2D eigenvalue weighted by Crippen LogP contribution is 2.44. The van der Waals surface area contributed by atoms with Crippen LogP contribution >= 0.6 is 11.3 Å². The minimum atomic E-state index is 0.214. The molecule has 0 saturated heterocycles. The van der Waals surface area contributed by atoms with E-state index < -0.39 is 0 Å². The van der Waals surface area contributed by atoms with Crippen LogP contribution in [0.1, 0.15) is 61.7 Å². The predicted octanol–water partition coefficient (Wildman–Crippen LogP) is 6.89. The number of benzene rings is 2. The molecule has 0 fully saturated rings. The van der Waals surface area contributed by atoms with Crippen LogP contribution in [0.5, 0.6) is 0 Å². The van der Waals surface area contributed by atoms with Crippen LogP contribution in [0.4, 0.5) is 5.69 Å². The second-order valence-electron chi connectivity index (χ2n) is 8.28. The quantitative estimate of drug-likeness (QED) is 0.495. The van der Waals surface area contributed by atoms with E-state index in [9.17, 15) is 0 Å². The Balaban J connectivity index is 1.71. The molecular weight excluding hydrogens is 348 g/mol. The molecule has 27 heavy (non-hydrogen) atoms. The summed E-state index contributed by atoms with van der Waals surface area (Å²) < 4.78 is 1.24. The molecule has 0 spiro atoms. The lowest BCUT2D eigenvalue weighted by Crippen LogP contribution is -2.48. The molecule has 3 aromatic rings. The molecular formula is C24H28N2S. The number of fused-ring (bicyclic) bond motifs is 2. The zero-order valence-corrected chi connectivity index (χ0v) is 17.7. The standard InChI is InChI=1S/C24H28N2S/c1-6-26-21-13-16(2)18(14-19(21)17(3)15-24(26,4)5)11-12-23-25-20-9-7-8-10-22(20)27-23/h7-14,17H,6,15H2,1-5H3/b12-11+. The van der Waals surface area contributed by atoms with Gasteiger partial charge in [-0.1, -0.05) is 25.1 Å². The molecule has 2 nitrogen and oxygen atoms in total. The first-order chi connectivity index (χ1) is 12.9. The van der Waals surface area contributed by atoms with Gasteiger partial charge in [0.2, 0.25) is 0 Å². The van der Waals surface area contributed by atoms with E-state index in [1.165, 1.54) is 33.5 Å². The molecule has 1 atom stereocenters. The largest absolute Gasteiger partial charge is 0.366 e. The Morgan fingerprint density at radius 2 is 2.00 bits per heavy atom. The van der Waals surface area contributed by atoms with Crippen molar-refractivity contribution < 1.29 is 0 Å². The van der Waals surface area contributed by atoms with Gasteiger partial charge in [0, 0.05) is 17.8 Å². The third kappa shape index (κ3) is 3.29. The highest BCUT2D eigenvalue weighted by molar-refractivity contribution is 7.19. The predicted molar refractivity (Wildman–Crippen MR) is 120 cm³/mol. The first kappa shape index (κ1) is 18.2. The maximum absolute atomic E-state index is 4.73. The third-order valence-electron chi connectivity index (χ3n) is 5.81. The van der Waals surface area contributed by atoms with Crippen LogP contribution in [0, 0.1) is 6.92 Å². The first-order valence-electron chi connectivity index (χ1n) is 9.85. The summed E-state index contributed by atoms with van der Waals surface area (Å²) in [5.74, 6) is 0.577. The maximum Gasteiger partial charge on any atom is 0.117 e. The van der Waals surface area contributed by atoms with Gasteiger partial charge in [0.1, 0.15) is 5.01 Å². The van der Waals surface area contributed by atoms with E-state index in [1.54, 1.807) is 11.3 Å². The van der Waals surface area contributed by atoms with Crippen molar-refractivity contribution in [1.29, 1.82) is 0 Å². The molecule has 2 aromatic carbocycles. The van der Waals surface area contributed by atoms with Crippen LogP contribution in [0.2, 0.25) is 0 Å². The molecule has 4 rings (SSSR count). The highest BCUT2D eigenvalue weighted by atomic mass is 32.1. The Morgan fingerprint density at radius 3 is 2.74 bits per heavy atom. The normalized spacial score (nSPS) is 19.0. The topological polar surface area (TPSA) is 16.1 Å². The van der Waals surface area contributed by atoms with Gasteiger partial charge >= 0.3 is 0 Å². The number of aromatic nitrogens is 1. The Bertz CT molecular complexity index is 979. The molecule has 0 radical (unpaired) electrons. The van der Waals surface area contributed by atoms with Gasteiger partial charge in [-0.15, -0.1) is 11.3 Å². The zero-order chi connectivity index (χ0) is 19.2. The van der Waals surface area contributed by atoms with Crippen LogP contribution in [0.3, 0.4) is 0 Å². The van der Waals surface area contributed by atoms with Crippen molar-refractivity contribution in [3.8, 4) is 0 Å². The van der Waals surface area contributed by atoms with E-state index in [0.29, 0.717) is 5.92 Å². The number of para-hydroxylation sites is 1. The molecule has 0 bridgehead atoms. The van der Waals surface area contributed by atoms with Crippen molar-refractivity contribution in [2.24, 2.45) is 0 Å². The van der Waals surface area contributed by atoms with Crippen molar-refractivity contribution in [2.75, 3.05) is 11.4 Å². The Labute approximate surface area is 166 Å². The molecule has 2 heterocycles. The van der Waals surface area contributed by atoms with Crippen molar-refractivity contribution in [1.82, 2.24) is 4.98 Å². The summed E-state index contributed by atoms with van der Waals surface area (Å²) in [5, 5.41) is 1.07. The molecule has 1 aromatic heterocycles. The maximum atomic E-state index is 4.73. The number of nitrogens with zero attached hydrogens (tertiary/aromatic N) is 2. The van der Waals surface area contributed by atoms with E-state index in [-0.39, 0.29) is 5.54 Å². The highest BCUT2D eigenvalue weighted by Gasteiger charge is 2.35. The van der Waals surface area contributed by atoms with Crippen LogP contribution in [0.25, 0.3) is 22.4 Å².